The summed E-state index contributed by atoms with van der Waals surface area (Å²) in [5.74, 6) is -2.27. The Hall–Kier alpha value is -2.80. The molecule has 2 aromatic carbocycles. The number of carbonyl (C=O) groups excluding carboxylic acids is 4. The zero-order chi connectivity index (χ0) is 22.0. The third-order valence-corrected chi connectivity index (χ3v) is 6.63. The summed E-state index contributed by atoms with van der Waals surface area (Å²) in [6, 6.07) is 16.7. The van der Waals surface area contributed by atoms with Crippen molar-refractivity contribution >= 4 is 39.5 Å². The number of ether oxygens (including phenoxy) is 1. The quantitative estimate of drug-likeness (QED) is 0.355. The summed E-state index contributed by atoms with van der Waals surface area (Å²) < 4.78 is 5.88. The van der Waals surface area contributed by atoms with Gasteiger partial charge in [-0.15, -0.1) is 0 Å². The second kappa shape index (κ2) is 9.14. The number of esters is 1. The maximum Gasteiger partial charge on any atom is 0.326 e. The summed E-state index contributed by atoms with van der Waals surface area (Å²) in [6.07, 6.45) is 2.07. The Kier molecular flexibility index (Phi) is 6.32. The molecule has 0 N–H and O–H groups in total. The predicted octanol–water partition coefficient (Wildman–Crippen LogP) is 3.74. The SMILES string of the molecule is O=C(CN1C(=O)[C@@H]2CC[C@H](c3ccccc3)C[C@H]2C1=O)OCC(=O)c1ccc(Br)cc1. The molecule has 1 saturated heterocycles. The van der Waals surface area contributed by atoms with Gasteiger partial charge in [-0.2, -0.15) is 0 Å². The number of Topliss-reactive ketones (excluding diaryl/α,β-unsaturated/α-hetero) is 1. The number of amides is 2. The molecular formula is C24H22BrNO5. The smallest absolute Gasteiger partial charge is 0.326 e. The second-order valence-electron chi connectivity index (χ2n) is 7.99. The van der Waals surface area contributed by atoms with Gasteiger partial charge in [-0.3, -0.25) is 24.1 Å². The molecule has 1 aliphatic carbocycles. The number of fused-ring (bicyclic) bond motifs is 1. The summed E-state index contributed by atoms with van der Waals surface area (Å²) in [4.78, 5) is 51.0. The van der Waals surface area contributed by atoms with E-state index in [-0.39, 0.29) is 29.4 Å². The maximum absolute atomic E-state index is 12.9. The molecule has 0 radical (unpaired) electrons. The lowest BCUT2D eigenvalue weighted by molar-refractivity contribution is -0.152. The zero-order valence-electron chi connectivity index (χ0n) is 16.8. The number of nitrogens with zero attached hydrogens (tertiary/aromatic N) is 1. The molecule has 1 saturated carbocycles. The highest BCUT2D eigenvalue weighted by molar-refractivity contribution is 9.10. The van der Waals surface area contributed by atoms with Crippen LogP contribution >= 0.6 is 15.9 Å². The Morgan fingerprint density at radius 2 is 1.61 bits per heavy atom. The molecule has 7 heteroatoms. The minimum Gasteiger partial charge on any atom is -0.456 e. The van der Waals surface area contributed by atoms with Gasteiger partial charge in [0.2, 0.25) is 11.8 Å². The number of imide groups is 1. The molecule has 2 aromatic rings. The fourth-order valence-electron chi connectivity index (χ4n) is 4.47. The Morgan fingerprint density at radius 1 is 0.935 bits per heavy atom. The summed E-state index contributed by atoms with van der Waals surface area (Å²) >= 11 is 3.29. The monoisotopic (exact) mass is 483 g/mol. The van der Waals surface area contributed by atoms with Crippen molar-refractivity contribution in [1.82, 2.24) is 4.90 Å². The Morgan fingerprint density at radius 3 is 2.32 bits per heavy atom. The Labute approximate surface area is 188 Å². The summed E-state index contributed by atoms with van der Waals surface area (Å²) in [5, 5.41) is 0. The molecule has 3 atom stereocenters. The normalized spacial score (nSPS) is 22.9. The van der Waals surface area contributed by atoms with Crippen molar-refractivity contribution in [2.75, 3.05) is 13.2 Å². The van der Waals surface area contributed by atoms with E-state index >= 15 is 0 Å². The van der Waals surface area contributed by atoms with Crippen LogP contribution in [0.4, 0.5) is 0 Å². The Balaban J connectivity index is 1.34. The number of hydrogen-bond donors (Lipinski definition) is 0. The van der Waals surface area contributed by atoms with Gasteiger partial charge in [0.1, 0.15) is 6.54 Å². The first-order valence-corrected chi connectivity index (χ1v) is 11.1. The fourth-order valence-corrected chi connectivity index (χ4v) is 4.74. The highest BCUT2D eigenvalue weighted by Crippen LogP contribution is 2.44. The molecule has 0 aromatic heterocycles. The first kappa shape index (κ1) is 21.4. The van der Waals surface area contributed by atoms with Crippen molar-refractivity contribution in [2.24, 2.45) is 11.8 Å². The van der Waals surface area contributed by atoms with Crippen molar-refractivity contribution in [3.8, 4) is 0 Å². The third-order valence-electron chi connectivity index (χ3n) is 6.11. The molecule has 2 fully saturated rings. The lowest BCUT2D eigenvalue weighted by Gasteiger charge is -2.28. The molecule has 1 heterocycles. The molecular weight excluding hydrogens is 462 g/mol. The van der Waals surface area contributed by atoms with Crippen molar-refractivity contribution < 1.29 is 23.9 Å². The van der Waals surface area contributed by atoms with Crippen LogP contribution in [0, 0.1) is 11.8 Å². The van der Waals surface area contributed by atoms with E-state index in [4.69, 9.17) is 4.74 Å². The van der Waals surface area contributed by atoms with E-state index in [9.17, 15) is 19.2 Å². The van der Waals surface area contributed by atoms with Crippen LogP contribution in [0.3, 0.4) is 0 Å². The van der Waals surface area contributed by atoms with E-state index in [2.05, 4.69) is 15.9 Å². The van der Waals surface area contributed by atoms with Crippen molar-refractivity contribution in [1.29, 1.82) is 0 Å². The number of likely N-dealkylation sites (tertiary alicyclic amines) is 1. The first-order valence-electron chi connectivity index (χ1n) is 10.3. The van der Waals surface area contributed by atoms with E-state index < -0.39 is 25.0 Å². The second-order valence-corrected chi connectivity index (χ2v) is 8.90. The van der Waals surface area contributed by atoms with Crippen LogP contribution in [0.15, 0.2) is 59.1 Å². The average molecular weight is 484 g/mol. The van der Waals surface area contributed by atoms with Gasteiger partial charge < -0.3 is 4.74 Å². The van der Waals surface area contributed by atoms with Gasteiger partial charge in [-0.25, -0.2) is 0 Å². The van der Waals surface area contributed by atoms with Gasteiger partial charge >= 0.3 is 5.97 Å². The van der Waals surface area contributed by atoms with E-state index in [1.54, 1.807) is 24.3 Å². The highest BCUT2D eigenvalue weighted by atomic mass is 79.9. The van der Waals surface area contributed by atoms with Gasteiger partial charge in [-0.1, -0.05) is 58.4 Å². The van der Waals surface area contributed by atoms with Gasteiger partial charge in [0, 0.05) is 10.0 Å². The number of ketones is 1. The molecule has 6 nitrogen and oxygen atoms in total. The average Bonchev–Trinajstić information content (AvgIpc) is 3.03. The first-order chi connectivity index (χ1) is 14.9. The van der Waals surface area contributed by atoms with Crippen molar-refractivity contribution in [2.45, 2.75) is 25.2 Å². The van der Waals surface area contributed by atoms with E-state index in [0.29, 0.717) is 18.4 Å². The van der Waals surface area contributed by atoms with Crippen LogP contribution in [0.1, 0.15) is 41.1 Å². The number of hydrogen-bond acceptors (Lipinski definition) is 5. The van der Waals surface area contributed by atoms with Crippen LogP contribution in [0.2, 0.25) is 0 Å². The van der Waals surface area contributed by atoms with Crippen molar-refractivity contribution in [3.63, 3.8) is 0 Å². The van der Waals surface area contributed by atoms with Gasteiger partial charge in [0.25, 0.3) is 0 Å². The van der Waals surface area contributed by atoms with Crippen LogP contribution in [-0.2, 0) is 19.1 Å². The number of benzene rings is 2. The number of rotatable bonds is 6. The molecule has 0 unspecified atom stereocenters. The predicted molar refractivity (Wildman–Crippen MR) is 116 cm³/mol. The maximum atomic E-state index is 12.9. The largest absolute Gasteiger partial charge is 0.456 e. The van der Waals surface area contributed by atoms with Crippen LogP contribution in [0.25, 0.3) is 0 Å². The Bertz CT molecular complexity index is 1000. The van der Waals surface area contributed by atoms with Crippen LogP contribution in [0.5, 0.6) is 0 Å². The van der Waals surface area contributed by atoms with Crippen molar-refractivity contribution in [3.05, 3.63) is 70.2 Å². The standard InChI is InChI=1S/C24H22BrNO5/c25-18-9-6-16(7-10-18)21(27)14-31-22(28)13-26-23(29)19-11-8-17(12-20(19)24(26)30)15-4-2-1-3-5-15/h1-7,9-10,17,19-20H,8,11-14H2/t17-,19+,20+/m0/s1. The minimum atomic E-state index is -0.759. The third kappa shape index (κ3) is 4.61. The summed E-state index contributed by atoms with van der Waals surface area (Å²) in [6.45, 7) is -0.881. The van der Waals surface area contributed by atoms with Crippen LogP contribution < -0.4 is 0 Å². The molecule has 4 rings (SSSR count). The zero-order valence-corrected chi connectivity index (χ0v) is 18.4. The molecule has 2 aliphatic rings. The van der Waals surface area contributed by atoms with Gasteiger partial charge in [-0.05, 0) is 42.9 Å². The fraction of sp³-hybridized carbons (Fsp3) is 0.333. The lowest BCUT2D eigenvalue weighted by Crippen LogP contribution is -2.37. The number of carbonyl (C=O) groups is 4. The van der Waals surface area contributed by atoms with Gasteiger partial charge in [0.15, 0.2) is 12.4 Å². The minimum absolute atomic E-state index is 0.231. The topological polar surface area (TPSA) is 80.8 Å². The molecule has 0 bridgehead atoms. The molecule has 2 amide bonds. The lowest BCUT2D eigenvalue weighted by atomic mass is 9.73. The molecule has 31 heavy (non-hydrogen) atoms. The molecule has 1 aliphatic heterocycles. The summed E-state index contributed by atoms with van der Waals surface area (Å²) in [5.41, 5.74) is 1.59. The number of halogens is 1. The van der Waals surface area contributed by atoms with Gasteiger partial charge in [0.05, 0.1) is 11.8 Å². The molecule has 0 spiro atoms. The molecule has 160 valence electrons. The highest BCUT2D eigenvalue weighted by Gasteiger charge is 2.50. The van der Waals surface area contributed by atoms with E-state index in [0.717, 1.165) is 15.8 Å². The van der Waals surface area contributed by atoms with Crippen LogP contribution in [-0.4, -0.2) is 41.6 Å². The van der Waals surface area contributed by atoms with E-state index in [1.165, 1.54) is 5.56 Å². The summed E-state index contributed by atoms with van der Waals surface area (Å²) in [7, 11) is 0. The van der Waals surface area contributed by atoms with E-state index in [1.807, 2.05) is 30.3 Å².